The molecule has 0 atom stereocenters. The van der Waals surface area contributed by atoms with E-state index < -0.39 is 0 Å². The highest BCUT2D eigenvalue weighted by molar-refractivity contribution is 5.49. The van der Waals surface area contributed by atoms with Crippen molar-refractivity contribution in [2.45, 2.75) is 110 Å². The molecule has 130 valence electrons. The van der Waals surface area contributed by atoms with Crippen LogP contribution in [0.1, 0.15) is 110 Å². The summed E-state index contributed by atoms with van der Waals surface area (Å²) < 4.78 is 0. The fraction of sp³-hybridized carbons (Fsp3) is 0.900. The molecule has 0 aromatic rings. The molecule has 2 heteroatoms. The van der Waals surface area contributed by atoms with Gasteiger partial charge >= 0.3 is 0 Å². The maximum absolute atomic E-state index is 10.2. The van der Waals surface area contributed by atoms with Gasteiger partial charge in [-0.05, 0) is 18.8 Å². The summed E-state index contributed by atoms with van der Waals surface area (Å²) in [5, 5.41) is 0. The lowest BCUT2D eigenvalue weighted by molar-refractivity contribution is -0.108. The van der Waals surface area contributed by atoms with Crippen LogP contribution in [0.25, 0.3) is 0 Å². The van der Waals surface area contributed by atoms with Crippen LogP contribution in [0.15, 0.2) is 0 Å². The molecule has 0 amide bonds. The summed E-state index contributed by atoms with van der Waals surface area (Å²) >= 11 is 0. The third-order valence-corrected chi connectivity index (χ3v) is 4.54. The van der Waals surface area contributed by atoms with Crippen LogP contribution < -0.4 is 0 Å². The van der Waals surface area contributed by atoms with Gasteiger partial charge in [-0.1, -0.05) is 84.0 Å². The first kappa shape index (κ1) is 21.3. The number of hydrogen-bond acceptors (Lipinski definition) is 2. The van der Waals surface area contributed by atoms with E-state index in [9.17, 15) is 9.59 Å². The molecule has 0 aromatic carbocycles. The van der Waals surface area contributed by atoms with Gasteiger partial charge in [0.2, 0.25) is 0 Å². The van der Waals surface area contributed by atoms with E-state index in [4.69, 9.17) is 0 Å². The van der Waals surface area contributed by atoms with Crippen LogP contribution in [-0.2, 0) is 9.59 Å². The van der Waals surface area contributed by atoms with Crippen LogP contribution in [0.2, 0.25) is 0 Å². The molecule has 0 aliphatic heterocycles. The Morgan fingerprint density at radius 2 is 0.864 bits per heavy atom. The third kappa shape index (κ3) is 17.4. The summed E-state index contributed by atoms with van der Waals surface area (Å²) in [7, 11) is 0. The molecule has 0 aliphatic carbocycles. The molecule has 0 rings (SSSR count). The monoisotopic (exact) mass is 310 g/mol. The normalized spacial score (nSPS) is 11.0. The molecular weight excluding hydrogens is 272 g/mol. The van der Waals surface area contributed by atoms with Gasteiger partial charge in [0.05, 0.1) is 0 Å². The van der Waals surface area contributed by atoms with E-state index in [2.05, 4.69) is 6.92 Å². The molecule has 0 saturated carbocycles. The molecule has 0 saturated heterocycles. The molecule has 0 radical (unpaired) electrons. The highest BCUT2D eigenvalue weighted by Gasteiger charge is 2.02. The van der Waals surface area contributed by atoms with E-state index >= 15 is 0 Å². The second kappa shape index (κ2) is 18.4. The summed E-state index contributed by atoms with van der Waals surface area (Å²) in [6, 6.07) is 0. The van der Waals surface area contributed by atoms with Crippen molar-refractivity contribution >= 4 is 12.6 Å². The van der Waals surface area contributed by atoms with Gasteiger partial charge in [0.1, 0.15) is 12.6 Å². The second-order valence-corrected chi connectivity index (χ2v) is 6.84. The summed E-state index contributed by atoms with van der Waals surface area (Å²) in [5.74, 6) is 0.880. The number of unbranched alkanes of at least 4 members (excludes halogenated alkanes) is 12. The van der Waals surface area contributed by atoms with Crippen LogP contribution >= 0.6 is 0 Å². The molecule has 0 aliphatic rings. The molecule has 0 heterocycles. The highest BCUT2D eigenvalue weighted by atomic mass is 16.1. The second-order valence-electron chi connectivity index (χ2n) is 6.84. The first-order valence-corrected chi connectivity index (χ1v) is 9.68. The highest BCUT2D eigenvalue weighted by Crippen LogP contribution is 2.18. The molecule has 0 fully saturated rings. The van der Waals surface area contributed by atoms with E-state index in [0.29, 0.717) is 0 Å². The summed E-state index contributed by atoms with van der Waals surface area (Å²) in [6.07, 6.45) is 21.7. The van der Waals surface area contributed by atoms with Crippen LogP contribution in [0.3, 0.4) is 0 Å². The van der Waals surface area contributed by atoms with Gasteiger partial charge in [-0.15, -0.1) is 0 Å². The minimum absolute atomic E-state index is 0.744. The largest absolute Gasteiger partial charge is 0.303 e. The lowest BCUT2D eigenvalue weighted by Crippen LogP contribution is -1.95. The van der Waals surface area contributed by atoms with Gasteiger partial charge in [-0.2, -0.15) is 0 Å². The topological polar surface area (TPSA) is 34.1 Å². The van der Waals surface area contributed by atoms with Crippen molar-refractivity contribution in [3.63, 3.8) is 0 Å². The molecule has 0 bridgehead atoms. The first-order chi connectivity index (χ1) is 10.8. The van der Waals surface area contributed by atoms with Crippen molar-refractivity contribution in [3.8, 4) is 0 Å². The van der Waals surface area contributed by atoms with Gasteiger partial charge in [0, 0.05) is 12.8 Å². The van der Waals surface area contributed by atoms with E-state index in [1.54, 1.807) is 0 Å². The van der Waals surface area contributed by atoms with Crippen LogP contribution in [0, 0.1) is 5.92 Å². The maximum atomic E-state index is 10.2. The maximum Gasteiger partial charge on any atom is 0.119 e. The van der Waals surface area contributed by atoms with Gasteiger partial charge < -0.3 is 9.59 Å². The van der Waals surface area contributed by atoms with Crippen LogP contribution in [0.4, 0.5) is 0 Å². The molecular formula is C20H38O2. The Bertz CT molecular complexity index is 214. The van der Waals surface area contributed by atoms with Crippen molar-refractivity contribution in [1.29, 1.82) is 0 Å². The number of carbonyl (C=O) groups excluding carboxylic acids is 2. The standard InChI is InChI=1S/C20H38O2/c1-20(16-12-8-4-2-6-10-14-18-21)17-13-9-5-3-7-11-15-19-22/h18-20H,2-17H2,1H3. The Morgan fingerprint density at radius 3 is 1.23 bits per heavy atom. The quantitative estimate of drug-likeness (QED) is 0.221. The first-order valence-electron chi connectivity index (χ1n) is 9.68. The fourth-order valence-electron chi connectivity index (χ4n) is 3.00. The molecule has 0 spiro atoms. The molecule has 0 aromatic heterocycles. The lowest BCUT2D eigenvalue weighted by Gasteiger charge is -2.11. The number of carbonyl (C=O) groups is 2. The number of aldehydes is 2. The van der Waals surface area contributed by atoms with Crippen molar-refractivity contribution in [2.75, 3.05) is 0 Å². The summed E-state index contributed by atoms with van der Waals surface area (Å²) in [6.45, 7) is 2.40. The zero-order valence-corrected chi connectivity index (χ0v) is 14.9. The smallest absolute Gasteiger partial charge is 0.119 e. The average molecular weight is 311 g/mol. The predicted molar refractivity (Wildman–Crippen MR) is 95.2 cm³/mol. The Labute approximate surface area is 138 Å². The summed E-state index contributed by atoms with van der Waals surface area (Å²) in [5.41, 5.74) is 0. The van der Waals surface area contributed by atoms with Crippen LogP contribution in [-0.4, -0.2) is 12.6 Å². The van der Waals surface area contributed by atoms with Gasteiger partial charge in [0.15, 0.2) is 0 Å². The van der Waals surface area contributed by atoms with Gasteiger partial charge in [-0.25, -0.2) is 0 Å². The third-order valence-electron chi connectivity index (χ3n) is 4.54. The Morgan fingerprint density at radius 1 is 0.545 bits per heavy atom. The van der Waals surface area contributed by atoms with Crippen molar-refractivity contribution in [1.82, 2.24) is 0 Å². The molecule has 2 nitrogen and oxygen atoms in total. The van der Waals surface area contributed by atoms with Gasteiger partial charge in [-0.3, -0.25) is 0 Å². The average Bonchev–Trinajstić information content (AvgIpc) is 2.52. The van der Waals surface area contributed by atoms with Crippen LogP contribution in [0.5, 0.6) is 0 Å². The minimum Gasteiger partial charge on any atom is -0.303 e. The van der Waals surface area contributed by atoms with Crippen molar-refractivity contribution < 1.29 is 9.59 Å². The molecule has 0 unspecified atom stereocenters. The Hall–Kier alpha value is -0.660. The lowest BCUT2D eigenvalue weighted by atomic mass is 9.96. The van der Waals surface area contributed by atoms with E-state index in [1.165, 1.54) is 77.0 Å². The summed E-state index contributed by atoms with van der Waals surface area (Å²) in [4.78, 5) is 20.4. The van der Waals surface area contributed by atoms with Crippen molar-refractivity contribution in [2.24, 2.45) is 5.92 Å². The minimum atomic E-state index is 0.744. The fourth-order valence-corrected chi connectivity index (χ4v) is 3.00. The zero-order valence-electron chi connectivity index (χ0n) is 14.9. The Kier molecular flexibility index (Phi) is 17.8. The van der Waals surface area contributed by atoms with E-state index in [1.807, 2.05) is 0 Å². The van der Waals surface area contributed by atoms with Gasteiger partial charge in [0.25, 0.3) is 0 Å². The number of hydrogen-bond donors (Lipinski definition) is 0. The predicted octanol–water partition coefficient (Wildman–Crippen LogP) is 6.26. The van der Waals surface area contributed by atoms with Crippen molar-refractivity contribution in [3.05, 3.63) is 0 Å². The molecule has 22 heavy (non-hydrogen) atoms. The van der Waals surface area contributed by atoms with E-state index in [0.717, 1.165) is 44.2 Å². The molecule has 0 N–H and O–H groups in total. The van der Waals surface area contributed by atoms with E-state index in [-0.39, 0.29) is 0 Å². The Balaban J connectivity index is 3.14. The number of rotatable bonds is 18. The SMILES string of the molecule is CC(CCCCCCCCC=O)CCCCCCCCC=O. The zero-order chi connectivity index (χ0) is 16.3.